The van der Waals surface area contributed by atoms with Gasteiger partial charge in [-0.2, -0.15) is 0 Å². The van der Waals surface area contributed by atoms with Gasteiger partial charge in [0, 0.05) is 31.1 Å². The Balaban J connectivity index is 1.60. The summed E-state index contributed by atoms with van der Waals surface area (Å²) in [5.41, 5.74) is 2.78. The van der Waals surface area contributed by atoms with E-state index in [-0.39, 0.29) is 17.9 Å². The van der Waals surface area contributed by atoms with E-state index in [1.807, 2.05) is 72.8 Å². The Morgan fingerprint density at radius 1 is 0.943 bits per heavy atom. The number of rotatable bonds is 10. The van der Waals surface area contributed by atoms with Gasteiger partial charge in [-0.1, -0.05) is 84.4 Å². The predicted octanol–water partition coefficient (Wildman–Crippen LogP) is 5.34. The largest absolute Gasteiger partial charge is 0.376 e. The number of nitrogens with one attached hydrogen (secondary N) is 1. The van der Waals surface area contributed by atoms with Crippen LogP contribution < -0.4 is 5.32 Å². The zero-order chi connectivity index (χ0) is 24.5. The lowest BCUT2D eigenvalue weighted by Gasteiger charge is -2.32. The van der Waals surface area contributed by atoms with Crippen LogP contribution in [0.1, 0.15) is 42.0 Å². The molecular formula is C29H31ClN2O3. The van der Waals surface area contributed by atoms with Gasteiger partial charge < -0.3 is 15.0 Å². The van der Waals surface area contributed by atoms with Crippen LogP contribution in [0.4, 0.5) is 0 Å². The Kier molecular flexibility index (Phi) is 8.93. The highest BCUT2D eigenvalue weighted by molar-refractivity contribution is 6.30. The number of aryl methyl sites for hydroxylation is 1. The highest BCUT2D eigenvalue weighted by Gasteiger charge is 2.32. The third-order valence-corrected chi connectivity index (χ3v) is 6.51. The van der Waals surface area contributed by atoms with E-state index in [2.05, 4.69) is 5.32 Å². The molecule has 0 aliphatic carbocycles. The van der Waals surface area contributed by atoms with Crippen LogP contribution >= 0.6 is 11.6 Å². The van der Waals surface area contributed by atoms with Crippen LogP contribution in [0.25, 0.3) is 0 Å². The van der Waals surface area contributed by atoms with Crippen LogP contribution in [-0.4, -0.2) is 36.0 Å². The number of carbonyl (C=O) groups is 2. The topological polar surface area (TPSA) is 58.6 Å². The molecule has 5 nitrogen and oxygen atoms in total. The van der Waals surface area contributed by atoms with Gasteiger partial charge in [0.05, 0.1) is 6.10 Å². The van der Waals surface area contributed by atoms with Crippen molar-refractivity contribution in [3.63, 3.8) is 0 Å². The summed E-state index contributed by atoms with van der Waals surface area (Å²) in [6.45, 7) is 1.47. The molecule has 1 fully saturated rings. The van der Waals surface area contributed by atoms with Crippen molar-refractivity contribution in [1.29, 1.82) is 0 Å². The monoisotopic (exact) mass is 490 g/mol. The van der Waals surface area contributed by atoms with Crippen LogP contribution in [-0.2, 0) is 27.3 Å². The van der Waals surface area contributed by atoms with Gasteiger partial charge in [0.25, 0.3) is 0 Å². The molecule has 1 N–H and O–H groups in total. The zero-order valence-electron chi connectivity index (χ0n) is 19.7. The minimum atomic E-state index is -0.753. The van der Waals surface area contributed by atoms with E-state index < -0.39 is 6.04 Å². The fraction of sp³-hybridized carbons (Fsp3) is 0.310. The molecule has 0 unspecified atom stereocenters. The van der Waals surface area contributed by atoms with Crippen molar-refractivity contribution in [2.45, 2.75) is 44.4 Å². The van der Waals surface area contributed by atoms with Crippen molar-refractivity contribution in [1.82, 2.24) is 10.2 Å². The molecule has 0 spiro atoms. The molecule has 2 amide bonds. The molecule has 0 saturated carbocycles. The first kappa shape index (κ1) is 25.0. The van der Waals surface area contributed by atoms with Crippen LogP contribution in [0.15, 0.2) is 84.9 Å². The lowest BCUT2D eigenvalue weighted by molar-refractivity contribution is -0.141. The molecule has 6 heteroatoms. The maximum Gasteiger partial charge on any atom is 0.247 e. The molecule has 4 rings (SSSR count). The summed E-state index contributed by atoms with van der Waals surface area (Å²) in [6, 6.07) is 26.1. The third kappa shape index (κ3) is 7.17. The third-order valence-electron chi connectivity index (χ3n) is 6.26. The Hall–Kier alpha value is -3.15. The second-order valence-corrected chi connectivity index (χ2v) is 9.26. The van der Waals surface area contributed by atoms with Crippen LogP contribution in [0.2, 0.25) is 5.02 Å². The van der Waals surface area contributed by atoms with E-state index >= 15 is 0 Å². The Morgan fingerprint density at radius 3 is 2.29 bits per heavy atom. The lowest BCUT2D eigenvalue weighted by atomic mass is 10.0. The van der Waals surface area contributed by atoms with E-state index in [1.54, 1.807) is 17.0 Å². The quantitative estimate of drug-likeness (QED) is 0.417. The number of nitrogens with zero attached hydrogens (tertiary/aromatic N) is 1. The predicted molar refractivity (Wildman–Crippen MR) is 138 cm³/mol. The van der Waals surface area contributed by atoms with Crippen molar-refractivity contribution >= 4 is 23.4 Å². The summed E-state index contributed by atoms with van der Waals surface area (Å²) >= 11 is 6.08. The van der Waals surface area contributed by atoms with Gasteiger partial charge in [0.1, 0.15) is 6.04 Å². The standard InChI is InChI=1S/C29H31ClN2O3/c30-25-16-13-23(14-17-25)21-32(27(33)18-15-22-8-3-1-4-9-22)28(24-10-5-2-6-11-24)29(34)31-20-26-12-7-19-35-26/h1-6,8-11,13-14,16-17,26,28H,7,12,15,18-21H2,(H,31,34)/t26-,28+/m0/s1. The molecule has 182 valence electrons. The van der Waals surface area contributed by atoms with Gasteiger partial charge >= 0.3 is 0 Å². The molecule has 0 bridgehead atoms. The zero-order valence-corrected chi connectivity index (χ0v) is 20.5. The summed E-state index contributed by atoms with van der Waals surface area (Å²) in [5.74, 6) is -0.279. The van der Waals surface area contributed by atoms with Crippen molar-refractivity contribution in [2.75, 3.05) is 13.2 Å². The molecule has 1 aliphatic rings. The minimum absolute atomic E-state index is 0.0221. The van der Waals surface area contributed by atoms with Crippen molar-refractivity contribution < 1.29 is 14.3 Å². The maximum absolute atomic E-state index is 13.7. The van der Waals surface area contributed by atoms with E-state index in [1.165, 1.54) is 0 Å². The molecule has 0 radical (unpaired) electrons. The van der Waals surface area contributed by atoms with Crippen LogP contribution in [0, 0.1) is 0 Å². The minimum Gasteiger partial charge on any atom is -0.376 e. The van der Waals surface area contributed by atoms with Gasteiger partial charge in [-0.15, -0.1) is 0 Å². The van der Waals surface area contributed by atoms with Gasteiger partial charge in [0.15, 0.2) is 0 Å². The molecule has 1 heterocycles. The number of amides is 2. The Labute approximate surface area is 212 Å². The first-order valence-corrected chi connectivity index (χ1v) is 12.5. The number of hydrogen-bond acceptors (Lipinski definition) is 3. The fourth-order valence-electron chi connectivity index (χ4n) is 4.37. The number of halogens is 1. The van der Waals surface area contributed by atoms with Crippen LogP contribution in [0.5, 0.6) is 0 Å². The van der Waals surface area contributed by atoms with E-state index in [0.29, 0.717) is 31.0 Å². The second-order valence-electron chi connectivity index (χ2n) is 8.83. The fourth-order valence-corrected chi connectivity index (χ4v) is 4.50. The van der Waals surface area contributed by atoms with E-state index in [0.717, 1.165) is 36.1 Å². The highest BCUT2D eigenvalue weighted by atomic mass is 35.5. The van der Waals surface area contributed by atoms with Crippen LogP contribution in [0.3, 0.4) is 0 Å². The molecule has 1 saturated heterocycles. The summed E-state index contributed by atoms with van der Waals surface area (Å²) in [6.07, 6.45) is 2.87. The second kappa shape index (κ2) is 12.5. The van der Waals surface area contributed by atoms with Crippen molar-refractivity contribution in [3.05, 3.63) is 107 Å². The average Bonchev–Trinajstić information content (AvgIpc) is 3.42. The average molecular weight is 491 g/mol. The smallest absolute Gasteiger partial charge is 0.247 e. The van der Waals surface area contributed by atoms with Crippen molar-refractivity contribution in [3.8, 4) is 0 Å². The van der Waals surface area contributed by atoms with Gasteiger partial charge in [-0.05, 0) is 48.1 Å². The molecular weight excluding hydrogens is 460 g/mol. The number of hydrogen-bond donors (Lipinski definition) is 1. The molecule has 3 aromatic rings. The molecule has 1 aliphatic heterocycles. The lowest BCUT2D eigenvalue weighted by Crippen LogP contribution is -2.45. The maximum atomic E-state index is 13.7. The first-order valence-electron chi connectivity index (χ1n) is 12.1. The normalized spacial score (nSPS) is 16.0. The number of carbonyl (C=O) groups excluding carboxylic acids is 2. The Morgan fingerprint density at radius 2 is 1.63 bits per heavy atom. The summed E-state index contributed by atoms with van der Waals surface area (Å²) in [5, 5.41) is 3.68. The summed E-state index contributed by atoms with van der Waals surface area (Å²) in [7, 11) is 0. The van der Waals surface area contributed by atoms with E-state index in [9.17, 15) is 9.59 Å². The van der Waals surface area contributed by atoms with Gasteiger partial charge in [0.2, 0.25) is 11.8 Å². The molecule has 0 aromatic heterocycles. The SMILES string of the molecule is O=C(NC[C@@H]1CCCO1)[C@@H](c1ccccc1)N(Cc1ccc(Cl)cc1)C(=O)CCc1ccccc1. The van der Waals surface area contributed by atoms with Gasteiger partial charge in [-0.25, -0.2) is 0 Å². The number of ether oxygens (including phenoxy) is 1. The highest BCUT2D eigenvalue weighted by Crippen LogP contribution is 2.26. The Bertz CT molecular complexity index is 1080. The number of benzene rings is 3. The molecule has 3 aromatic carbocycles. The van der Waals surface area contributed by atoms with Crippen molar-refractivity contribution in [2.24, 2.45) is 0 Å². The molecule has 2 atom stereocenters. The first-order chi connectivity index (χ1) is 17.1. The van der Waals surface area contributed by atoms with E-state index in [4.69, 9.17) is 16.3 Å². The molecule has 35 heavy (non-hydrogen) atoms. The van der Waals surface area contributed by atoms with Gasteiger partial charge in [-0.3, -0.25) is 9.59 Å². The summed E-state index contributed by atoms with van der Waals surface area (Å²) < 4.78 is 5.68. The summed E-state index contributed by atoms with van der Waals surface area (Å²) in [4.78, 5) is 28.9.